The SMILES string of the molecule is Cc1ccc(S(=O)(=O)N2CCCCC[C@@H]2c2cccc(F)c2)cc1. The van der Waals surface area contributed by atoms with Gasteiger partial charge in [-0.05, 0) is 49.6 Å². The third-order valence-corrected chi connectivity index (χ3v) is 6.49. The highest BCUT2D eigenvalue weighted by atomic mass is 32.2. The number of benzene rings is 2. The fraction of sp³-hybridized carbons (Fsp3) is 0.368. The lowest BCUT2D eigenvalue weighted by Crippen LogP contribution is -2.34. The summed E-state index contributed by atoms with van der Waals surface area (Å²) >= 11 is 0. The van der Waals surface area contributed by atoms with Crippen LogP contribution in [0, 0.1) is 12.7 Å². The maximum absolute atomic E-state index is 13.6. The van der Waals surface area contributed by atoms with E-state index in [1.54, 1.807) is 22.5 Å². The van der Waals surface area contributed by atoms with E-state index < -0.39 is 10.0 Å². The molecule has 3 rings (SSSR count). The highest BCUT2D eigenvalue weighted by Crippen LogP contribution is 2.34. The summed E-state index contributed by atoms with van der Waals surface area (Å²) in [6.45, 7) is 2.40. The number of halogens is 1. The zero-order valence-corrected chi connectivity index (χ0v) is 14.6. The molecule has 0 bridgehead atoms. The van der Waals surface area contributed by atoms with Gasteiger partial charge in [0.1, 0.15) is 5.82 Å². The molecule has 0 unspecified atom stereocenters. The highest BCUT2D eigenvalue weighted by molar-refractivity contribution is 7.89. The van der Waals surface area contributed by atoms with E-state index in [2.05, 4.69) is 0 Å². The molecule has 1 atom stereocenters. The van der Waals surface area contributed by atoms with Gasteiger partial charge in [-0.1, -0.05) is 42.7 Å². The average Bonchev–Trinajstić information content (AvgIpc) is 2.81. The maximum atomic E-state index is 13.6. The van der Waals surface area contributed by atoms with Crippen LogP contribution in [0.1, 0.15) is 42.9 Å². The van der Waals surface area contributed by atoms with Crippen LogP contribution in [0.5, 0.6) is 0 Å². The summed E-state index contributed by atoms with van der Waals surface area (Å²) in [5, 5.41) is 0. The van der Waals surface area contributed by atoms with Crippen LogP contribution in [-0.4, -0.2) is 19.3 Å². The first kappa shape index (κ1) is 17.1. The maximum Gasteiger partial charge on any atom is 0.243 e. The van der Waals surface area contributed by atoms with Crippen LogP contribution in [0.15, 0.2) is 53.4 Å². The van der Waals surface area contributed by atoms with Gasteiger partial charge >= 0.3 is 0 Å². The Bertz CT molecular complexity index is 802. The first-order valence-electron chi connectivity index (χ1n) is 8.32. The minimum atomic E-state index is -3.60. The van der Waals surface area contributed by atoms with E-state index in [1.807, 2.05) is 25.1 Å². The first-order chi connectivity index (χ1) is 11.5. The van der Waals surface area contributed by atoms with Crippen LogP contribution in [0.25, 0.3) is 0 Å². The topological polar surface area (TPSA) is 37.4 Å². The largest absolute Gasteiger partial charge is 0.243 e. The smallest absolute Gasteiger partial charge is 0.207 e. The van der Waals surface area contributed by atoms with E-state index in [9.17, 15) is 12.8 Å². The van der Waals surface area contributed by atoms with Crippen molar-refractivity contribution < 1.29 is 12.8 Å². The number of aryl methyl sites for hydroxylation is 1. The molecule has 24 heavy (non-hydrogen) atoms. The zero-order chi connectivity index (χ0) is 17.2. The number of hydrogen-bond acceptors (Lipinski definition) is 2. The minimum Gasteiger partial charge on any atom is -0.207 e. The van der Waals surface area contributed by atoms with Crippen LogP contribution in [0.4, 0.5) is 4.39 Å². The Labute approximate surface area is 143 Å². The van der Waals surface area contributed by atoms with E-state index >= 15 is 0 Å². The second-order valence-electron chi connectivity index (χ2n) is 6.35. The van der Waals surface area contributed by atoms with Gasteiger partial charge < -0.3 is 0 Å². The molecule has 0 spiro atoms. The summed E-state index contributed by atoms with van der Waals surface area (Å²) in [4.78, 5) is 0.302. The van der Waals surface area contributed by atoms with E-state index in [0.717, 1.165) is 30.4 Å². The van der Waals surface area contributed by atoms with Crippen molar-refractivity contribution >= 4 is 10.0 Å². The van der Waals surface area contributed by atoms with Crippen molar-refractivity contribution in [1.29, 1.82) is 0 Å². The zero-order valence-electron chi connectivity index (χ0n) is 13.8. The number of nitrogens with zero attached hydrogens (tertiary/aromatic N) is 1. The molecule has 1 fully saturated rings. The summed E-state index contributed by atoms with van der Waals surface area (Å²) in [6, 6.07) is 12.9. The third-order valence-electron chi connectivity index (χ3n) is 4.56. The summed E-state index contributed by atoms with van der Waals surface area (Å²) in [6.07, 6.45) is 3.48. The standard InChI is InChI=1S/C19H22FNO2S/c1-15-9-11-18(12-10-15)24(22,23)21-13-4-2-3-8-19(21)16-6-5-7-17(20)14-16/h5-7,9-12,14,19H,2-4,8,13H2,1H3/t19-/m1/s1. The molecular weight excluding hydrogens is 325 g/mol. The number of sulfonamides is 1. The molecule has 2 aromatic carbocycles. The van der Waals surface area contributed by atoms with Gasteiger partial charge in [0.25, 0.3) is 0 Å². The van der Waals surface area contributed by atoms with Crippen molar-refractivity contribution in [2.24, 2.45) is 0 Å². The Morgan fingerprint density at radius 2 is 1.79 bits per heavy atom. The molecule has 0 radical (unpaired) electrons. The summed E-state index contributed by atoms with van der Waals surface area (Å²) in [5.41, 5.74) is 1.75. The van der Waals surface area contributed by atoms with Crippen molar-refractivity contribution in [2.45, 2.75) is 43.5 Å². The van der Waals surface area contributed by atoms with Gasteiger partial charge in [-0.25, -0.2) is 12.8 Å². The molecule has 1 aliphatic rings. The fourth-order valence-corrected chi connectivity index (χ4v) is 4.94. The van der Waals surface area contributed by atoms with Crippen molar-refractivity contribution in [3.63, 3.8) is 0 Å². The lowest BCUT2D eigenvalue weighted by molar-refractivity contribution is 0.328. The van der Waals surface area contributed by atoms with Crippen LogP contribution in [0.3, 0.4) is 0 Å². The molecular formula is C19H22FNO2S. The summed E-state index contributed by atoms with van der Waals surface area (Å²) < 4.78 is 41.5. The first-order valence-corrected chi connectivity index (χ1v) is 9.76. The van der Waals surface area contributed by atoms with E-state index in [1.165, 1.54) is 12.1 Å². The number of hydrogen-bond donors (Lipinski definition) is 0. The molecule has 128 valence electrons. The second kappa shape index (κ2) is 7.03. The number of rotatable bonds is 3. The monoisotopic (exact) mass is 347 g/mol. The molecule has 1 aliphatic heterocycles. The molecule has 1 heterocycles. The van der Waals surface area contributed by atoms with E-state index in [-0.39, 0.29) is 11.9 Å². The molecule has 0 aliphatic carbocycles. The predicted octanol–water partition coefficient (Wildman–Crippen LogP) is 4.44. The van der Waals surface area contributed by atoms with Crippen LogP contribution in [0.2, 0.25) is 0 Å². The predicted molar refractivity (Wildman–Crippen MR) is 92.7 cm³/mol. The normalized spacial score (nSPS) is 19.8. The Balaban J connectivity index is 2.02. The minimum absolute atomic E-state index is 0.302. The Morgan fingerprint density at radius 3 is 2.50 bits per heavy atom. The quantitative estimate of drug-likeness (QED) is 0.823. The van der Waals surface area contributed by atoms with Gasteiger partial charge in [0.05, 0.1) is 10.9 Å². The molecule has 1 saturated heterocycles. The van der Waals surface area contributed by atoms with Gasteiger partial charge in [0, 0.05) is 6.54 Å². The molecule has 2 aromatic rings. The Morgan fingerprint density at radius 1 is 1.04 bits per heavy atom. The Hall–Kier alpha value is -1.72. The van der Waals surface area contributed by atoms with Gasteiger partial charge in [0.15, 0.2) is 0 Å². The van der Waals surface area contributed by atoms with Gasteiger partial charge in [-0.3, -0.25) is 0 Å². The summed E-state index contributed by atoms with van der Waals surface area (Å²) in [5.74, 6) is -0.329. The van der Waals surface area contributed by atoms with Crippen LogP contribution >= 0.6 is 0 Å². The van der Waals surface area contributed by atoms with Crippen molar-refractivity contribution in [3.8, 4) is 0 Å². The summed E-state index contributed by atoms with van der Waals surface area (Å²) in [7, 11) is -3.60. The fourth-order valence-electron chi connectivity index (χ4n) is 3.26. The molecule has 5 heteroatoms. The highest BCUT2D eigenvalue weighted by Gasteiger charge is 2.33. The molecule has 0 N–H and O–H groups in total. The van der Waals surface area contributed by atoms with Gasteiger partial charge in [0.2, 0.25) is 10.0 Å². The van der Waals surface area contributed by atoms with Crippen LogP contribution < -0.4 is 0 Å². The van der Waals surface area contributed by atoms with Crippen molar-refractivity contribution in [3.05, 3.63) is 65.5 Å². The average molecular weight is 347 g/mol. The van der Waals surface area contributed by atoms with E-state index in [0.29, 0.717) is 17.9 Å². The lowest BCUT2D eigenvalue weighted by atomic mass is 10.0. The molecule has 3 nitrogen and oxygen atoms in total. The molecule has 0 aromatic heterocycles. The second-order valence-corrected chi connectivity index (χ2v) is 8.24. The van der Waals surface area contributed by atoms with E-state index in [4.69, 9.17) is 0 Å². The third kappa shape index (κ3) is 3.52. The van der Waals surface area contributed by atoms with Gasteiger partial charge in [-0.15, -0.1) is 0 Å². The molecule has 0 amide bonds. The van der Waals surface area contributed by atoms with Gasteiger partial charge in [-0.2, -0.15) is 4.31 Å². The Kier molecular flexibility index (Phi) is 5.01. The lowest BCUT2D eigenvalue weighted by Gasteiger charge is -2.29. The van der Waals surface area contributed by atoms with Crippen molar-refractivity contribution in [2.75, 3.05) is 6.54 Å². The van der Waals surface area contributed by atoms with Crippen molar-refractivity contribution in [1.82, 2.24) is 4.31 Å². The molecule has 0 saturated carbocycles. The van der Waals surface area contributed by atoms with Crippen LogP contribution in [-0.2, 0) is 10.0 Å².